The number of benzene rings is 4. The Hall–Kier alpha value is -5.79. The first-order chi connectivity index (χ1) is 29.0. The molecule has 316 valence electrons. The number of rotatable bonds is 14. The molecule has 1 saturated heterocycles. The molecule has 4 aromatic carbocycles. The smallest absolute Gasteiger partial charge is 0.317 e. The van der Waals surface area contributed by atoms with Gasteiger partial charge in [-0.3, -0.25) is 14.6 Å². The number of nitrogens with two attached hydrogens (primary N) is 2. The van der Waals surface area contributed by atoms with E-state index in [1.54, 1.807) is 18.2 Å². The Labute approximate surface area is 342 Å². The highest BCUT2D eigenvalue weighted by molar-refractivity contribution is 5.90. The third-order valence-electron chi connectivity index (χ3n) is 11.0. The van der Waals surface area contributed by atoms with Gasteiger partial charge in [0.05, 0.1) is 37.7 Å². The highest BCUT2D eigenvalue weighted by Gasteiger charge is 2.52. The molecule has 17 heteroatoms. The van der Waals surface area contributed by atoms with Crippen molar-refractivity contribution in [1.82, 2.24) is 0 Å². The van der Waals surface area contributed by atoms with Crippen molar-refractivity contribution in [2.45, 2.75) is 73.9 Å². The van der Waals surface area contributed by atoms with Crippen molar-refractivity contribution < 1.29 is 68.3 Å². The number of methoxy groups -OCH3 is 1. The van der Waals surface area contributed by atoms with Gasteiger partial charge in [0.2, 0.25) is 12.0 Å². The lowest BCUT2D eigenvalue weighted by molar-refractivity contribution is -0.291. The van der Waals surface area contributed by atoms with Crippen LogP contribution in [0, 0.1) is 0 Å². The van der Waals surface area contributed by atoms with Crippen LogP contribution in [0.2, 0.25) is 0 Å². The fourth-order valence-corrected chi connectivity index (χ4v) is 8.35. The maximum atomic E-state index is 12.4. The Morgan fingerprint density at radius 2 is 1.72 bits per heavy atom. The zero-order valence-corrected chi connectivity index (χ0v) is 32.3. The second-order valence-electron chi connectivity index (χ2n) is 14.9. The molecule has 1 fully saturated rings. The number of nitrogens with zero attached hydrogens (tertiary/aromatic N) is 1. The molecule has 9 unspecified atom stereocenters. The van der Waals surface area contributed by atoms with Crippen LogP contribution in [0.5, 0.6) is 28.7 Å². The lowest BCUT2D eigenvalue weighted by Crippen LogP contribution is -2.66. The number of hydrogen-bond acceptors (Lipinski definition) is 16. The van der Waals surface area contributed by atoms with Gasteiger partial charge in [-0.15, -0.1) is 0 Å². The summed E-state index contributed by atoms with van der Waals surface area (Å²) in [4.78, 5) is 28.3. The molecule has 4 aliphatic rings. The minimum Gasteiger partial charge on any atom is -0.493 e. The van der Waals surface area contributed by atoms with Crippen LogP contribution in [-0.4, -0.2) is 113 Å². The number of para-hydroxylation sites is 1. The topological polar surface area (TPSA) is 264 Å². The number of ether oxygens (including phenoxy) is 7. The van der Waals surface area contributed by atoms with E-state index >= 15 is 0 Å². The van der Waals surface area contributed by atoms with E-state index in [1.165, 1.54) is 7.11 Å². The third-order valence-corrected chi connectivity index (χ3v) is 11.0. The maximum absolute atomic E-state index is 12.4. The molecule has 4 aromatic rings. The third kappa shape index (κ3) is 7.72. The lowest BCUT2D eigenvalue weighted by Gasteiger charge is -2.43. The van der Waals surface area contributed by atoms with Gasteiger partial charge in [0, 0.05) is 28.8 Å². The molecular formula is C43H45N3O14. The minimum atomic E-state index is -1.91. The molecule has 9 N–H and O–H groups in total. The van der Waals surface area contributed by atoms with Gasteiger partial charge in [-0.05, 0) is 34.9 Å². The Balaban J connectivity index is 1.24. The highest BCUT2D eigenvalue weighted by atomic mass is 16.7. The summed E-state index contributed by atoms with van der Waals surface area (Å²) in [7, 11) is 1.52. The summed E-state index contributed by atoms with van der Waals surface area (Å²) in [6.45, 7) is 0.0553. The number of carboxylic acid groups (broad SMARTS) is 1. The maximum Gasteiger partial charge on any atom is 0.317 e. The number of aliphatic hydroxyl groups is 4. The number of hydrogen-bond donors (Lipinski definition) is 7. The molecule has 0 aliphatic carbocycles. The number of carboxylic acids is 1. The molecule has 60 heavy (non-hydrogen) atoms. The summed E-state index contributed by atoms with van der Waals surface area (Å²) in [6.07, 6.45) is -13.9. The number of fused-ring (bicyclic) bond motifs is 6. The van der Waals surface area contributed by atoms with E-state index in [2.05, 4.69) is 0 Å². The summed E-state index contributed by atoms with van der Waals surface area (Å²) in [5, 5.41) is 53.6. The minimum absolute atomic E-state index is 0.00139. The average molecular weight is 828 g/mol. The summed E-state index contributed by atoms with van der Waals surface area (Å²) in [6, 6.07) is 24.5. The number of aliphatic hydroxyl groups excluding tert-OH is 4. The normalized spacial score (nSPS) is 25.4. The van der Waals surface area contributed by atoms with Gasteiger partial charge in [-0.2, -0.15) is 0 Å². The highest BCUT2D eigenvalue weighted by Crippen LogP contribution is 2.60. The fraction of sp³-hybridized carbons (Fsp3) is 0.372. The van der Waals surface area contributed by atoms with Crippen molar-refractivity contribution in [2.75, 3.05) is 26.9 Å². The van der Waals surface area contributed by atoms with Gasteiger partial charge >= 0.3 is 11.9 Å². The van der Waals surface area contributed by atoms with Crippen molar-refractivity contribution in [2.24, 2.45) is 16.5 Å². The van der Waals surface area contributed by atoms with E-state index in [-0.39, 0.29) is 24.9 Å². The van der Waals surface area contributed by atoms with E-state index < -0.39 is 73.5 Å². The zero-order chi connectivity index (χ0) is 42.2. The predicted molar refractivity (Wildman–Crippen MR) is 209 cm³/mol. The number of carbonyl (C=O) groups excluding carboxylic acids is 1. The summed E-state index contributed by atoms with van der Waals surface area (Å²) in [5.74, 6) is -1.34. The molecule has 0 amide bonds. The summed E-state index contributed by atoms with van der Waals surface area (Å²) >= 11 is 0. The largest absolute Gasteiger partial charge is 0.493 e. The van der Waals surface area contributed by atoms with Crippen LogP contribution in [0.1, 0.15) is 40.7 Å². The van der Waals surface area contributed by atoms with Gasteiger partial charge in [-0.25, -0.2) is 0 Å². The summed E-state index contributed by atoms with van der Waals surface area (Å²) < 4.78 is 43.1. The molecule has 0 aromatic heterocycles. The van der Waals surface area contributed by atoms with Gasteiger partial charge in [0.25, 0.3) is 0 Å². The second kappa shape index (κ2) is 17.1. The Morgan fingerprint density at radius 3 is 2.45 bits per heavy atom. The first kappa shape index (κ1) is 41.0. The quantitative estimate of drug-likeness (QED) is 0.0499. The predicted octanol–water partition coefficient (Wildman–Crippen LogP) is -0.0641. The molecule has 4 aliphatic heterocycles. The summed E-state index contributed by atoms with van der Waals surface area (Å²) in [5.41, 5.74) is 15.8. The molecular weight excluding hydrogens is 782 g/mol. The van der Waals surface area contributed by atoms with Crippen LogP contribution in [-0.2, 0) is 25.5 Å². The Bertz CT molecular complexity index is 2380. The van der Waals surface area contributed by atoms with Gasteiger partial charge < -0.3 is 70.2 Å². The van der Waals surface area contributed by atoms with E-state index in [4.69, 9.17) is 54.7 Å². The van der Waals surface area contributed by atoms with Crippen LogP contribution in [0.3, 0.4) is 0 Å². The van der Waals surface area contributed by atoms with E-state index in [9.17, 15) is 30.0 Å². The molecule has 9 atom stereocenters. The van der Waals surface area contributed by atoms with Crippen molar-refractivity contribution in [3.63, 3.8) is 0 Å². The van der Waals surface area contributed by atoms with Crippen LogP contribution in [0.4, 0.5) is 0 Å². The molecule has 0 radical (unpaired) electrons. The van der Waals surface area contributed by atoms with Gasteiger partial charge in [0.1, 0.15) is 61.2 Å². The zero-order valence-electron chi connectivity index (χ0n) is 32.3. The monoisotopic (exact) mass is 827 g/mol. The van der Waals surface area contributed by atoms with Crippen LogP contribution in [0.15, 0.2) is 83.9 Å². The average Bonchev–Trinajstić information content (AvgIpc) is 3.84. The van der Waals surface area contributed by atoms with Crippen molar-refractivity contribution in [3.05, 3.63) is 112 Å². The van der Waals surface area contributed by atoms with Crippen molar-refractivity contribution >= 4 is 17.5 Å². The first-order valence-electron chi connectivity index (χ1n) is 19.4. The SMILES string of the molecule is COc1ccc2c(c1OCCO)OC1c3c(cc(OC4OC(C(OC(=O)CC(=O)O)C(N)N)C(O)C(O)C4O)cc3C3=c4ccccc4=NC3)OC(Cc3ccccc3)C21. The Morgan fingerprint density at radius 1 is 0.950 bits per heavy atom. The molecule has 0 bridgehead atoms. The van der Waals surface area contributed by atoms with Gasteiger partial charge in [0.15, 0.2) is 17.6 Å². The Kier molecular flexibility index (Phi) is 11.6. The van der Waals surface area contributed by atoms with E-state index in [0.29, 0.717) is 47.1 Å². The lowest BCUT2D eigenvalue weighted by atomic mass is 9.79. The van der Waals surface area contributed by atoms with Crippen molar-refractivity contribution in [3.8, 4) is 28.7 Å². The molecule has 8 rings (SSSR count). The van der Waals surface area contributed by atoms with Crippen LogP contribution in [0.25, 0.3) is 5.57 Å². The fourth-order valence-electron chi connectivity index (χ4n) is 8.35. The number of esters is 1. The standard InChI is InChI=1S/C43H45N3O14/c1-54-27-12-11-23-32-28(15-20-7-3-2-4-8-20)57-29-17-21(56-43-36(53)34(51)35(52)40(60-43)41(42(44)45)58-31(50)18-30(48)49)16-24(25-19-46-26-10-6-5-9-22(25)26)33(29)39(32)59-37(23)38(27)55-14-13-47/h2-12,16-17,28,32,34-36,39-43,47,51-53H,13-15,18-19,44-45H2,1H3,(H,48,49). The van der Waals surface area contributed by atoms with Gasteiger partial charge in [-0.1, -0.05) is 54.6 Å². The van der Waals surface area contributed by atoms with E-state index in [0.717, 1.165) is 27.3 Å². The first-order valence-corrected chi connectivity index (χ1v) is 19.4. The van der Waals surface area contributed by atoms with Crippen LogP contribution < -0.4 is 45.7 Å². The molecule has 0 saturated carbocycles. The number of aliphatic carboxylic acids is 1. The number of carbonyl (C=O) groups is 2. The second-order valence-corrected chi connectivity index (χ2v) is 14.9. The van der Waals surface area contributed by atoms with Crippen molar-refractivity contribution in [1.29, 1.82) is 0 Å². The van der Waals surface area contributed by atoms with Crippen LogP contribution >= 0.6 is 0 Å². The van der Waals surface area contributed by atoms with E-state index in [1.807, 2.05) is 60.7 Å². The molecule has 4 heterocycles. The molecule has 0 spiro atoms. The molecule has 17 nitrogen and oxygen atoms in total.